The Bertz CT molecular complexity index is 1250. The lowest BCUT2D eigenvalue weighted by molar-refractivity contribution is -0.115. The van der Waals surface area contributed by atoms with Gasteiger partial charge in [-0.25, -0.2) is 9.37 Å². The van der Waals surface area contributed by atoms with E-state index in [2.05, 4.69) is 23.2 Å². The number of benzene rings is 2. The van der Waals surface area contributed by atoms with Crippen LogP contribution in [0.1, 0.15) is 23.8 Å². The van der Waals surface area contributed by atoms with E-state index in [9.17, 15) is 9.18 Å². The van der Waals surface area contributed by atoms with Gasteiger partial charge in [0.15, 0.2) is 0 Å². The lowest BCUT2D eigenvalue weighted by atomic mass is 10.0. The second-order valence-corrected chi connectivity index (χ2v) is 11.2. The van der Waals surface area contributed by atoms with Crippen LogP contribution in [-0.2, 0) is 17.8 Å². The second kappa shape index (κ2) is 9.93. The van der Waals surface area contributed by atoms with Crippen molar-refractivity contribution in [3.63, 3.8) is 0 Å². The molecule has 0 aliphatic carbocycles. The summed E-state index contributed by atoms with van der Waals surface area (Å²) < 4.78 is 14.2. The minimum Gasteiger partial charge on any atom is -0.317 e. The number of para-hydroxylation sites is 1. The summed E-state index contributed by atoms with van der Waals surface area (Å²) >= 11 is 4.94. The largest absolute Gasteiger partial charge is 0.317 e. The summed E-state index contributed by atoms with van der Waals surface area (Å²) in [7, 11) is 0. The zero-order valence-electron chi connectivity index (χ0n) is 18.3. The normalized spacial score (nSPS) is 13.9. The van der Waals surface area contributed by atoms with E-state index in [0.29, 0.717) is 12.2 Å². The molecule has 1 aliphatic heterocycles. The molecule has 4 aromatic rings. The highest BCUT2D eigenvalue weighted by Gasteiger charge is 2.27. The molecule has 0 unspecified atom stereocenters. The van der Waals surface area contributed by atoms with Crippen molar-refractivity contribution in [2.75, 3.05) is 24.2 Å². The maximum atomic E-state index is 13.1. The zero-order chi connectivity index (χ0) is 22.8. The fourth-order valence-electron chi connectivity index (χ4n) is 4.00. The maximum absolute atomic E-state index is 13.1. The molecule has 0 saturated carbocycles. The Morgan fingerprint density at radius 3 is 2.79 bits per heavy atom. The molecule has 2 aromatic carbocycles. The summed E-state index contributed by atoms with van der Waals surface area (Å²) in [5, 5.41) is 5.09. The Kier molecular flexibility index (Phi) is 6.78. The number of nitrogens with zero attached hydrogens (tertiary/aromatic N) is 2. The Balaban J connectivity index is 1.37. The highest BCUT2D eigenvalue weighted by molar-refractivity contribution is 7.99. The molecule has 0 radical (unpaired) electrons. The van der Waals surface area contributed by atoms with E-state index in [1.165, 1.54) is 22.6 Å². The van der Waals surface area contributed by atoms with Crippen molar-refractivity contribution in [2.24, 2.45) is 0 Å². The Morgan fingerprint density at radius 1 is 1.18 bits per heavy atom. The van der Waals surface area contributed by atoms with Gasteiger partial charge in [0, 0.05) is 40.6 Å². The van der Waals surface area contributed by atoms with Gasteiger partial charge < -0.3 is 5.32 Å². The van der Waals surface area contributed by atoms with Crippen LogP contribution in [-0.4, -0.2) is 34.6 Å². The number of carbonyl (C=O) groups is 1. The number of amides is 1. The lowest BCUT2D eigenvalue weighted by Gasteiger charge is -2.25. The van der Waals surface area contributed by atoms with Crippen LogP contribution in [0.25, 0.3) is 20.8 Å². The zero-order valence-corrected chi connectivity index (χ0v) is 20.7. The fourth-order valence-corrected chi connectivity index (χ4v) is 7.27. The van der Waals surface area contributed by atoms with Crippen molar-refractivity contribution in [1.29, 1.82) is 0 Å². The number of hydrogen-bond donors (Lipinski definition) is 1. The molecule has 0 saturated heterocycles. The Labute approximate surface area is 204 Å². The van der Waals surface area contributed by atoms with Crippen LogP contribution in [0, 0.1) is 5.82 Å². The van der Waals surface area contributed by atoms with Crippen LogP contribution in [0.4, 0.5) is 9.39 Å². The highest BCUT2D eigenvalue weighted by Crippen LogP contribution is 2.45. The molecule has 170 valence electrons. The number of hydrogen-bond acceptors (Lipinski definition) is 6. The van der Waals surface area contributed by atoms with Gasteiger partial charge in [0.05, 0.1) is 10.2 Å². The van der Waals surface area contributed by atoms with E-state index in [0.717, 1.165) is 56.7 Å². The SMILES string of the molecule is CCN1CCc2c(sc(NC(=O)CCSc3ccc(F)cc3)c2-c2nc3ccccc3s2)C1. The molecule has 1 aliphatic rings. The molecule has 33 heavy (non-hydrogen) atoms. The van der Waals surface area contributed by atoms with Crippen molar-refractivity contribution < 1.29 is 9.18 Å². The first-order valence-electron chi connectivity index (χ1n) is 11.0. The standard InChI is InChI=1S/C25H24FN3OS3/c1-2-29-13-11-18-21(15-29)33-25(23(18)24-27-19-5-3-4-6-20(19)32-24)28-22(30)12-14-31-17-9-7-16(26)8-10-17/h3-10H,2,11-15H2,1H3,(H,28,30). The summed E-state index contributed by atoms with van der Waals surface area (Å²) in [5.74, 6) is 0.392. The molecule has 0 bridgehead atoms. The number of thioether (sulfide) groups is 1. The first kappa shape index (κ1) is 22.5. The molecule has 8 heteroatoms. The number of nitrogens with one attached hydrogen (secondary N) is 1. The van der Waals surface area contributed by atoms with Gasteiger partial charge >= 0.3 is 0 Å². The minimum atomic E-state index is -0.247. The number of thiazole rings is 1. The quantitative estimate of drug-likeness (QED) is 0.290. The van der Waals surface area contributed by atoms with E-state index >= 15 is 0 Å². The molecule has 1 amide bonds. The molecular formula is C25H24FN3OS3. The van der Waals surface area contributed by atoms with Crippen LogP contribution in [0.2, 0.25) is 0 Å². The van der Waals surface area contributed by atoms with Crippen molar-refractivity contribution in [2.45, 2.75) is 31.2 Å². The summed E-state index contributed by atoms with van der Waals surface area (Å²) in [6, 6.07) is 14.6. The van der Waals surface area contributed by atoms with Crippen LogP contribution >= 0.6 is 34.4 Å². The molecule has 0 atom stereocenters. The summed E-state index contributed by atoms with van der Waals surface area (Å²) in [5.41, 5.74) is 3.43. The monoisotopic (exact) mass is 497 g/mol. The number of anilines is 1. The van der Waals surface area contributed by atoms with Gasteiger partial charge in [-0.3, -0.25) is 9.69 Å². The first-order chi connectivity index (χ1) is 16.1. The number of halogens is 1. The molecular weight excluding hydrogens is 473 g/mol. The van der Waals surface area contributed by atoms with Crippen molar-refractivity contribution in [3.8, 4) is 10.6 Å². The third kappa shape index (κ3) is 4.99. The number of fused-ring (bicyclic) bond motifs is 2. The van der Waals surface area contributed by atoms with E-state index in [1.807, 2.05) is 18.2 Å². The molecule has 0 spiro atoms. The van der Waals surface area contributed by atoms with Gasteiger partial charge in [-0.1, -0.05) is 19.1 Å². The topological polar surface area (TPSA) is 45.2 Å². The fraction of sp³-hybridized carbons (Fsp3) is 0.280. The lowest BCUT2D eigenvalue weighted by Crippen LogP contribution is -2.29. The van der Waals surface area contributed by atoms with Crippen LogP contribution in [0.3, 0.4) is 0 Å². The number of aromatic nitrogens is 1. The molecule has 4 nitrogen and oxygen atoms in total. The average Bonchev–Trinajstić information content (AvgIpc) is 3.40. The third-order valence-electron chi connectivity index (χ3n) is 5.76. The first-order valence-corrected chi connectivity index (χ1v) is 13.6. The number of thiophene rings is 1. The van der Waals surface area contributed by atoms with Crippen molar-refractivity contribution >= 4 is 55.6 Å². The van der Waals surface area contributed by atoms with Crippen molar-refractivity contribution in [1.82, 2.24) is 9.88 Å². The molecule has 2 aromatic heterocycles. The maximum Gasteiger partial charge on any atom is 0.225 e. The molecule has 0 fully saturated rings. The van der Waals surface area contributed by atoms with E-state index in [-0.39, 0.29) is 11.7 Å². The van der Waals surface area contributed by atoms with E-state index in [4.69, 9.17) is 4.98 Å². The summed E-state index contributed by atoms with van der Waals surface area (Å²) in [4.78, 5) is 22.5. The van der Waals surface area contributed by atoms with Gasteiger partial charge in [0.2, 0.25) is 5.91 Å². The predicted molar refractivity (Wildman–Crippen MR) is 138 cm³/mol. The van der Waals surface area contributed by atoms with Gasteiger partial charge in [0.25, 0.3) is 0 Å². The Hall–Kier alpha value is -2.26. The summed E-state index contributed by atoms with van der Waals surface area (Å²) in [6.45, 7) is 5.16. The van der Waals surface area contributed by atoms with Gasteiger partial charge in [-0.15, -0.1) is 34.4 Å². The number of rotatable bonds is 7. The van der Waals surface area contributed by atoms with E-state index in [1.54, 1.807) is 46.6 Å². The second-order valence-electron chi connectivity index (χ2n) is 7.91. The number of likely N-dealkylation sites (N-methyl/N-ethyl adjacent to an activating group) is 1. The van der Waals surface area contributed by atoms with E-state index < -0.39 is 0 Å². The average molecular weight is 498 g/mol. The molecule has 1 N–H and O–H groups in total. The predicted octanol–water partition coefficient (Wildman–Crippen LogP) is 6.66. The van der Waals surface area contributed by atoms with Gasteiger partial charge in [-0.2, -0.15) is 0 Å². The highest BCUT2D eigenvalue weighted by atomic mass is 32.2. The molecule has 5 rings (SSSR count). The Morgan fingerprint density at radius 2 is 2.00 bits per heavy atom. The van der Waals surface area contributed by atoms with Gasteiger partial charge in [-0.05, 0) is 54.9 Å². The minimum absolute atomic E-state index is 0.00193. The smallest absolute Gasteiger partial charge is 0.225 e. The summed E-state index contributed by atoms with van der Waals surface area (Å²) in [6.07, 6.45) is 1.37. The van der Waals surface area contributed by atoms with Crippen LogP contribution < -0.4 is 5.32 Å². The third-order valence-corrected chi connectivity index (χ3v) is 8.96. The van der Waals surface area contributed by atoms with Crippen LogP contribution in [0.5, 0.6) is 0 Å². The van der Waals surface area contributed by atoms with Crippen molar-refractivity contribution in [3.05, 3.63) is 64.8 Å². The number of carbonyl (C=O) groups excluding carboxylic acids is 1. The molecule has 3 heterocycles. The van der Waals surface area contributed by atoms with Crippen LogP contribution in [0.15, 0.2) is 53.4 Å². The van der Waals surface area contributed by atoms with Gasteiger partial charge in [0.1, 0.15) is 15.8 Å².